The lowest BCUT2D eigenvalue weighted by atomic mass is 10.3. The van der Waals surface area contributed by atoms with E-state index in [-0.39, 0.29) is 11.5 Å². The van der Waals surface area contributed by atoms with Crippen molar-refractivity contribution in [3.63, 3.8) is 0 Å². The minimum absolute atomic E-state index is 0.135. The molecule has 0 atom stereocenters. The van der Waals surface area contributed by atoms with E-state index in [1.807, 2.05) is 6.07 Å². The molecule has 144 valence electrons. The van der Waals surface area contributed by atoms with E-state index in [2.05, 4.69) is 16.4 Å². The number of benzene rings is 1. The van der Waals surface area contributed by atoms with Crippen LogP contribution in [0.3, 0.4) is 0 Å². The fraction of sp³-hybridized carbons (Fsp3) is 0.611. The van der Waals surface area contributed by atoms with Gasteiger partial charge in [0.1, 0.15) is 5.82 Å². The third-order valence-electron chi connectivity index (χ3n) is 4.82. The summed E-state index contributed by atoms with van der Waals surface area (Å²) in [5, 5.41) is 9.34. The Morgan fingerprint density at radius 2 is 2.04 bits per heavy atom. The molecule has 8 heteroatoms. The van der Waals surface area contributed by atoms with Crippen LogP contribution < -0.4 is 0 Å². The van der Waals surface area contributed by atoms with Gasteiger partial charge in [-0.1, -0.05) is 6.92 Å². The number of aryl methyl sites for hydroxylation is 1. The SMILES string of the molecule is CCCn1c(CN(CCO)C2CC2)nc2cc(S(=O)(=O)N(C)C)ccc21. The van der Waals surface area contributed by atoms with Crippen molar-refractivity contribution in [1.29, 1.82) is 0 Å². The van der Waals surface area contributed by atoms with Crippen LogP contribution in [0.1, 0.15) is 32.0 Å². The second-order valence-electron chi connectivity index (χ2n) is 7.04. The second-order valence-corrected chi connectivity index (χ2v) is 9.19. The van der Waals surface area contributed by atoms with Gasteiger partial charge < -0.3 is 9.67 Å². The van der Waals surface area contributed by atoms with E-state index in [1.54, 1.807) is 12.1 Å². The number of imidazole rings is 1. The Hall–Kier alpha value is -1.48. The number of aliphatic hydroxyl groups excluding tert-OH is 1. The summed E-state index contributed by atoms with van der Waals surface area (Å²) in [4.78, 5) is 7.28. The molecule has 0 amide bonds. The highest BCUT2D eigenvalue weighted by molar-refractivity contribution is 7.89. The zero-order valence-corrected chi connectivity index (χ0v) is 16.5. The highest BCUT2D eigenvalue weighted by Gasteiger charge is 2.30. The molecule has 2 aromatic rings. The number of fused-ring (bicyclic) bond motifs is 1. The van der Waals surface area contributed by atoms with Crippen molar-refractivity contribution in [3.05, 3.63) is 24.0 Å². The van der Waals surface area contributed by atoms with E-state index in [4.69, 9.17) is 4.98 Å². The van der Waals surface area contributed by atoms with E-state index < -0.39 is 10.0 Å². The minimum atomic E-state index is -3.48. The smallest absolute Gasteiger partial charge is 0.242 e. The summed E-state index contributed by atoms with van der Waals surface area (Å²) in [7, 11) is -0.417. The van der Waals surface area contributed by atoms with E-state index in [0.717, 1.165) is 24.3 Å². The summed E-state index contributed by atoms with van der Waals surface area (Å²) >= 11 is 0. The van der Waals surface area contributed by atoms with E-state index in [1.165, 1.54) is 31.2 Å². The van der Waals surface area contributed by atoms with Gasteiger partial charge in [0, 0.05) is 33.2 Å². The first-order valence-corrected chi connectivity index (χ1v) is 10.6. The topological polar surface area (TPSA) is 78.7 Å². The summed E-state index contributed by atoms with van der Waals surface area (Å²) in [6, 6.07) is 5.70. The molecule has 3 rings (SSSR count). The molecule has 0 saturated heterocycles. The number of rotatable bonds is 9. The summed E-state index contributed by atoms with van der Waals surface area (Å²) in [5.74, 6) is 0.932. The molecule has 1 saturated carbocycles. The standard InChI is InChI=1S/C18H28N4O3S/c1-4-9-22-17-8-7-15(26(24,25)20(2)3)12-16(17)19-18(22)13-21(10-11-23)14-5-6-14/h7-8,12,14,23H,4-6,9-11,13H2,1-3H3. The van der Waals surface area contributed by atoms with Gasteiger partial charge in [-0.2, -0.15) is 0 Å². The quantitative estimate of drug-likeness (QED) is 0.716. The highest BCUT2D eigenvalue weighted by Crippen LogP contribution is 2.29. The van der Waals surface area contributed by atoms with Gasteiger partial charge in [0.2, 0.25) is 10.0 Å². The van der Waals surface area contributed by atoms with Crippen molar-refractivity contribution in [2.75, 3.05) is 27.2 Å². The molecular weight excluding hydrogens is 352 g/mol. The van der Waals surface area contributed by atoms with Crippen molar-refractivity contribution in [2.24, 2.45) is 0 Å². The summed E-state index contributed by atoms with van der Waals surface area (Å²) < 4.78 is 28.2. The molecule has 26 heavy (non-hydrogen) atoms. The number of sulfonamides is 1. The highest BCUT2D eigenvalue weighted by atomic mass is 32.2. The maximum atomic E-state index is 12.4. The fourth-order valence-corrected chi connectivity index (χ4v) is 4.19. The van der Waals surface area contributed by atoms with Gasteiger partial charge in [-0.05, 0) is 37.5 Å². The molecule has 0 bridgehead atoms. The van der Waals surface area contributed by atoms with E-state index in [0.29, 0.717) is 24.6 Å². The first-order chi connectivity index (χ1) is 12.4. The van der Waals surface area contributed by atoms with Crippen molar-refractivity contribution in [1.82, 2.24) is 18.8 Å². The minimum Gasteiger partial charge on any atom is -0.395 e. The third-order valence-corrected chi connectivity index (χ3v) is 6.63. The molecule has 0 aliphatic heterocycles. The average molecular weight is 381 g/mol. The van der Waals surface area contributed by atoms with Gasteiger partial charge in [0.15, 0.2) is 0 Å². The Balaban J connectivity index is 2.01. The molecule has 1 aromatic heterocycles. The van der Waals surface area contributed by atoms with Crippen LogP contribution in [-0.4, -0.2) is 65.6 Å². The molecule has 0 radical (unpaired) electrons. The van der Waals surface area contributed by atoms with Crippen molar-refractivity contribution in [2.45, 2.75) is 50.2 Å². The van der Waals surface area contributed by atoms with E-state index >= 15 is 0 Å². The van der Waals surface area contributed by atoms with Crippen LogP contribution in [0.2, 0.25) is 0 Å². The van der Waals surface area contributed by atoms with Crippen LogP contribution in [0, 0.1) is 0 Å². The Labute approximate surface area is 155 Å². The molecular formula is C18H28N4O3S. The molecule has 1 N–H and O–H groups in total. The lowest BCUT2D eigenvalue weighted by Gasteiger charge is -2.21. The van der Waals surface area contributed by atoms with Gasteiger partial charge in [-0.3, -0.25) is 4.90 Å². The molecule has 0 unspecified atom stereocenters. The molecule has 1 fully saturated rings. The number of aromatic nitrogens is 2. The van der Waals surface area contributed by atoms with Crippen LogP contribution in [0.4, 0.5) is 0 Å². The lowest BCUT2D eigenvalue weighted by Crippen LogP contribution is -2.30. The molecule has 1 aliphatic rings. The van der Waals surface area contributed by atoms with E-state index in [9.17, 15) is 13.5 Å². The van der Waals surface area contributed by atoms with Crippen molar-refractivity contribution >= 4 is 21.1 Å². The predicted molar refractivity (Wildman–Crippen MR) is 101 cm³/mol. The second kappa shape index (κ2) is 7.64. The van der Waals surface area contributed by atoms with Gasteiger partial charge in [-0.25, -0.2) is 17.7 Å². The molecule has 1 aromatic carbocycles. The number of nitrogens with zero attached hydrogens (tertiary/aromatic N) is 4. The van der Waals surface area contributed by atoms with Crippen LogP contribution in [0.15, 0.2) is 23.1 Å². The van der Waals surface area contributed by atoms with Crippen LogP contribution in [0.5, 0.6) is 0 Å². The molecule has 0 spiro atoms. The third kappa shape index (κ3) is 3.78. The van der Waals surface area contributed by atoms with Crippen molar-refractivity contribution in [3.8, 4) is 0 Å². The normalized spacial score (nSPS) is 15.5. The first-order valence-electron chi connectivity index (χ1n) is 9.15. The average Bonchev–Trinajstić information content (AvgIpc) is 3.39. The maximum Gasteiger partial charge on any atom is 0.242 e. The van der Waals surface area contributed by atoms with Crippen LogP contribution >= 0.6 is 0 Å². The number of aliphatic hydroxyl groups is 1. The monoisotopic (exact) mass is 380 g/mol. The Morgan fingerprint density at radius 1 is 1.31 bits per heavy atom. The Bertz CT molecular complexity index is 872. The fourth-order valence-electron chi connectivity index (χ4n) is 3.27. The molecule has 1 aliphatic carbocycles. The zero-order valence-electron chi connectivity index (χ0n) is 15.7. The summed E-state index contributed by atoms with van der Waals surface area (Å²) in [6.07, 6.45) is 3.30. The van der Waals surface area contributed by atoms with Crippen molar-refractivity contribution < 1.29 is 13.5 Å². The summed E-state index contributed by atoms with van der Waals surface area (Å²) in [6.45, 7) is 4.40. The van der Waals surface area contributed by atoms with Crippen LogP contribution in [-0.2, 0) is 23.1 Å². The number of hydrogen-bond donors (Lipinski definition) is 1. The largest absolute Gasteiger partial charge is 0.395 e. The zero-order chi connectivity index (χ0) is 18.9. The molecule has 7 nitrogen and oxygen atoms in total. The molecule has 1 heterocycles. The lowest BCUT2D eigenvalue weighted by molar-refractivity contribution is 0.179. The van der Waals surface area contributed by atoms with Gasteiger partial charge >= 0.3 is 0 Å². The Kier molecular flexibility index (Phi) is 5.67. The van der Waals surface area contributed by atoms with Gasteiger partial charge in [0.05, 0.1) is 29.1 Å². The van der Waals surface area contributed by atoms with Crippen LogP contribution in [0.25, 0.3) is 11.0 Å². The van der Waals surface area contributed by atoms with Gasteiger partial charge in [-0.15, -0.1) is 0 Å². The summed E-state index contributed by atoms with van der Waals surface area (Å²) in [5.41, 5.74) is 1.66. The van der Waals surface area contributed by atoms with Gasteiger partial charge in [0.25, 0.3) is 0 Å². The Morgan fingerprint density at radius 3 is 2.62 bits per heavy atom. The predicted octanol–water partition coefficient (Wildman–Crippen LogP) is 1.65. The first kappa shape index (κ1) is 19.3. The number of hydrogen-bond acceptors (Lipinski definition) is 5. The maximum absolute atomic E-state index is 12.4.